The van der Waals surface area contributed by atoms with Crippen LogP contribution >= 0.6 is 11.3 Å². The molecule has 0 fully saturated rings. The molecular formula is C8H12N2O2S2. The molecular weight excluding hydrogens is 220 g/mol. The summed E-state index contributed by atoms with van der Waals surface area (Å²) in [5, 5.41) is 1.59. The Kier molecular flexibility index (Phi) is 3.30. The molecule has 1 heterocycles. The van der Waals surface area contributed by atoms with Crippen LogP contribution in [0.4, 0.5) is 5.69 Å². The normalized spacial score (nSPS) is 13.8. The average molecular weight is 232 g/mol. The van der Waals surface area contributed by atoms with Crippen LogP contribution in [0.25, 0.3) is 0 Å². The Morgan fingerprint density at radius 2 is 2.36 bits per heavy atom. The van der Waals surface area contributed by atoms with Crippen molar-refractivity contribution in [2.45, 2.75) is 17.2 Å². The fraction of sp³-hybridized carbons (Fsp3) is 0.250. The molecule has 0 aliphatic heterocycles. The standard InChI is InChI=1S/C8H12N2O2S2/c1-3-6(2)10-14(11,12)8-4-7(9)5-13-8/h3-6,10H,1,9H2,2H3. The molecule has 1 aromatic rings. The third kappa shape index (κ3) is 2.57. The number of sulfonamides is 1. The molecule has 0 spiro atoms. The van der Waals surface area contributed by atoms with Crippen LogP contribution in [-0.2, 0) is 10.0 Å². The van der Waals surface area contributed by atoms with Crippen LogP contribution in [-0.4, -0.2) is 14.5 Å². The molecule has 0 saturated carbocycles. The number of anilines is 1. The van der Waals surface area contributed by atoms with Crippen molar-refractivity contribution in [3.8, 4) is 0 Å². The Hall–Kier alpha value is -0.850. The van der Waals surface area contributed by atoms with Crippen molar-refractivity contribution in [1.29, 1.82) is 0 Å². The summed E-state index contributed by atoms with van der Waals surface area (Å²) in [7, 11) is -3.43. The van der Waals surface area contributed by atoms with Gasteiger partial charge in [0.15, 0.2) is 0 Å². The monoisotopic (exact) mass is 232 g/mol. The van der Waals surface area contributed by atoms with E-state index in [0.29, 0.717) is 5.69 Å². The van der Waals surface area contributed by atoms with Crippen molar-refractivity contribution in [2.75, 3.05) is 5.73 Å². The fourth-order valence-electron chi connectivity index (χ4n) is 0.822. The first-order chi connectivity index (χ1) is 6.45. The van der Waals surface area contributed by atoms with Gasteiger partial charge < -0.3 is 5.73 Å². The minimum Gasteiger partial charge on any atom is -0.398 e. The Balaban J connectivity index is 2.91. The van der Waals surface area contributed by atoms with Gasteiger partial charge in [-0.05, 0) is 13.0 Å². The van der Waals surface area contributed by atoms with Gasteiger partial charge in [-0.15, -0.1) is 17.9 Å². The molecule has 0 aliphatic rings. The number of nitrogens with two attached hydrogens (primary N) is 1. The lowest BCUT2D eigenvalue weighted by molar-refractivity contribution is 0.578. The predicted octanol–water partition coefficient (Wildman–Crippen LogP) is 1.18. The topological polar surface area (TPSA) is 72.2 Å². The molecule has 0 amide bonds. The van der Waals surface area contributed by atoms with Crippen LogP contribution in [0, 0.1) is 0 Å². The average Bonchev–Trinajstić information content (AvgIpc) is 2.51. The highest BCUT2D eigenvalue weighted by molar-refractivity contribution is 7.91. The SMILES string of the molecule is C=CC(C)NS(=O)(=O)c1cc(N)cs1. The first-order valence-corrected chi connectivity index (χ1v) is 6.31. The second-order valence-corrected chi connectivity index (χ2v) is 5.70. The first-order valence-electron chi connectivity index (χ1n) is 3.94. The second kappa shape index (κ2) is 4.12. The molecule has 1 atom stereocenters. The van der Waals surface area contributed by atoms with Crippen LogP contribution in [0.2, 0.25) is 0 Å². The van der Waals surface area contributed by atoms with Gasteiger partial charge in [0.25, 0.3) is 10.0 Å². The third-order valence-electron chi connectivity index (χ3n) is 1.56. The van der Waals surface area contributed by atoms with Gasteiger partial charge >= 0.3 is 0 Å². The lowest BCUT2D eigenvalue weighted by Gasteiger charge is -2.07. The number of hydrogen-bond acceptors (Lipinski definition) is 4. The van der Waals surface area contributed by atoms with Crippen LogP contribution in [0.1, 0.15) is 6.92 Å². The zero-order valence-electron chi connectivity index (χ0n) is 7.73. The molecule has 3 N–H and O–H groups in total. The summed E-state index contributed by atoms with van der Waals surface area (Å²) >= 11 is 1.10. The zero-order chi connectivity index (χ0) is 10.8. The number of hydrogen-bond donors (Lipinski definition) is 2. The van der Waals surface area contributed by atoms with E-state index >= 15 is 0 Å². The molecule has 0 radical (unpaired) electrons. The van der Waals surface area contributed by atoms with Crippen LogP contribution in [0.15, 0.2) is 28.3 Å². The molecule has 0 bridgehead atoms. The molecule has 1 rings (SSSR count). The molecule has 4 nitrogen and oxygen atoms in total. The summed E-state index contributed by atoms with van der Waals surface area (Å²) in [6.45, 7) is 5.21. The van der Waals surface area contributed by atoms with Crippen LogP contribution in [0.5, 0.6) is 0 Å². The molecule has 0 aliphatic carbocycles. The third-order valence-corrected chi connectivity index (χ3v) is 4.57. The molecule has 78 valence electrons. The quantitative estimate of drug-likeness (QED) is 0.766. The van der Waals surface area contributed by atoms with Crippen LogP contribution in [0.3, 0.4) is 0 Å². The van der Waals surface area contributed by atoms with E-state index in [1.54, 1.807) is 12.3 Å². The summed E-state index contributed by atoms with van der Waals surface area (Å²) in [5.41, 5.74) is 5.90. The first kappa shape index (κ1) is 11.2. The van der Waals surface area contributed by atoms with E-state index in [0.717, 1.165) is 11.3 Å². The van der Waals surface area contributed by atoms with Crippen molar-refractivity contribution in [1.82, 2.24) is 4.72 Å². The van der Waals surface area contributed by atoms with Crippen molar-refractivity contribution < 1.29 is 8.42 Å². The summed E-state index contributed by atoms with van der Waals surface area (Å²) in [4.78, 5) is 0. The summed E-state index contributed by atoms with van der Waals surface area (Å²) in [5.74, 6) is 0. The Labute approximate surface area is 87.5 Å². The maximum atomic E-state index is 11.6. The zero-order valence-corrected chi connectivity index (χ0v) is 9.36. The number of thiophene rings is 1. The minimum absolute atomic E-state index is 0.226. The van der Waals surface area contributed by atoms with E-state index in [-0.39, 0.29) is 10.3 Å². The van der Waals surface area contributed by atoms with Gasteiger partial charge in [0.2, 0.25) is 0 Å². The molecule has 1 unspecified atom stereocenters. The Morgan fingerprint density at radius 1 is 1.71 bits per heavy atom. The summed E-state index contributed by atoms with van der Waals surface area (Å²) < 4.78 is 25.9. The van der Waals surface area contributed by atoms with Gasteiger partial charge in [0.1, 0.15) is 4.21 Å². The maximum absolute atomic E-state index is 11.6. The van der Waals surface area contributed by atoms with E-state index in [1.165, 1.54) is 12.1 Å². The lowest BCUT2D eigenvalue weighted by Crippen LogP contribution is -2.30. The van der Waals surface area contributed by atoms with Gasteiger partial charge in [0.05, 0.1) is 0 Å². The largest absolute Gasteiger partial charge is 0.398 e. The van der Waals surface area contributed by atoms with E-state index < -0.39 is 10.0 Å². The van der Waals surface area contributed by atoms with E-state index in [9.17, 15) is 8.42 Å². The van der Waals surface area contributed by atoms with Gasteiger partial charge in [-0.2, -0.15) is 0 Å². The van der Waals surface area contributed by atoms with E-state index in [4.69, 9.17) is 5.73 Å². The molecule has 6 heteroatoms. The number of nitrogens with one attached hydrogen (secondary N) is 1. The number of nitrogen functional groups attached to an aromatic ring is 1. The van der Waals surface area contributed by atoms with Gasteiger partial charge in [0, 0.05) is 17.1 Å². The van der Waals surface area contributed by atoms with Gasteiger partial charge in [-0.3, -0.25) is 0 Å². The summed E-state index contributed by atoms with van der Waals surface area (Å²) in [6, 6.07) is 1.14. The fourth-order valence-corrected chi connectivity index (χ4v) is 3.13. The van der Waals surface area contributed by atoms with Crippen LogP contribution < -0.4 is 10.5 Å². The van der Waals surface area contributed by atoms with Crippen molar-refractivity contribution in [3.05, 3.63) is 24.1 Å². The van der Waals surface area contributed by atoms with E-state index in [2.05, 4.69) is 11.3 Å². The molecule has 0 saturated heterocycles. The highest BCUT2D eigenvalue weighted by Crippen LogP contribution is 2.21. The second-order valence-electron chi connectivity index (χ2n) is 2.84. The van der Waals surface area contributed by atoms with Crippen molar-refractivity contribution >= 4 is 27.0 Å². The Morgan fingerprint density at radius 3 is 2.79 bits per heavy atom. The van der Waals surface area contributed by atoms with E-state index in [1.807, 2.05) is 0 Å². The van der Waals surface area contributed by atoms with Crippen molar-refractivity contribution in [2.24, 2.45) is 0 Å². The van der Waals surface area contributed by atoms with Gasteiger partial charge in [-0.1, -0.05) is 6.08 Å². The molecule has 14 heavy (non-hydrogen) atoms. The molecule has 0 aromatic carbocycles. The minimum atomic E-state index is -3.43. The van der Waals surface area contributed by atoms with Crippen molar-refractivity contribution in [3.63, 3.8) is 0 Å². The highest BCUT2D eigenvalue weighted by Gasteiger charge is 2.17. The van der Waals surface area contributed by atoms with Gasteiger partial charge in [-0.25, -0.2) is 13.1 Å². The summed E-state index contributed by atoms with van der Waals surface area (Å²) in [6.07, 6.45) is 1.52. The highest BCUT2D eigenvalue weighted by atomic mass is 32.2. The lowest BCUT2D eigenvalue weighted by atomic mass is 10.4. The smallest absolute Gasteiger partial charge is 0.250 e. The predicted molar refractivity (Wildman–Crippen MR) is 58.7 cm³/mol. The maximum Gasteiger partial charge on any atom is 0.250 e. The molecule has 1 aromatic heterocycles. The number of rotatable bonds is 4. The Bertz CT molecular complexity index is 422.